The molecule has 0 unspecified atom stereocenters. The summed E-state index contributed by atoms with van der Waals surface area (Å²) in [5, 5.41) is 2.61. The highest BCUT2D eigenvalue weighted by atomic mass is 16.5. The number of carbonyl (C=O) groups excluding carboxylic acids is 2. The van der Waals surface area contributed by atoms with Crippen LogP contribution in [0.1, 0.15) is 25.8 Å². The summed E-state index contributed by atoms with van der Waals surface area (Å²) in [6.45, 7) is 3.87. The normalized spacial score (nSPS) is 11.5. The van der Waals surface area contributed by atoms with Crippen molar-refractivity contribution in [3.05, 3.63) is 23.8 Å². The van der Waals surface area contributed by atoms with Crippen molar-refractivity contribution >= 4 is 11.9 Å². The number of aryl methyl sites for hydroxylation is 1. The number of benzene rings is 1. The maximum atomic E-state index is 11.8. The van der Waals surface area contributed by atoms with E-state index in [1.165, 1.54) is 0 Å². The average molecular weight is 309 g/mol. The Hall–Kier alpha value is -2.24. The lowest BCUT2D eigenvalue weighted by molar-refractivity contribution is -0.154. The topological polar surface area (TPSA) is 73.9 Å². The minimum absolute atomic E-state index is 0.181. The zero-order valence-corrected chi connectivity index (χ0v) is 13.5. The zero-order chi connectivity index (χ0) is 16.5. The Balaban J connectivity index is 2.55. The Morgan fingerprint density at radius 2 is 1.73 bits per heavy atom. The van der Waals surface area contributed by atoms with Gasteiger partial charge in [0, 0.05) is 19.0 Å². The quantitative estimate of drug-likeness (QED) is 0.740. The summed E-state index contributed by atoms with van der Waals surface area (Å²) in [6.07, 6.45) is -0.124. The van der Waals surface area contributed by atoms with E-state index >= 15 is 0 Å². The Morgan fingerprint density at radius 1 is 1.14 bits per heavy atom. The third-order valence-corrected chi connectivity index (χ3v) is 3.06. The van der Waals surface area contributed by atoms with E-state index in [9.17, 15) is 9.59 Å². The fourth-order valence-corrected chi connectivity index (χ4v) is 1.88. The molecule has 0 saturated carbocycles. The first-order chi connectivity index (χ1) is 10.5. The van der Waals surface area contributed by atoms with Crippen LogP contribution in [0.15, 0.2) is 18.2 Å². The molecule has 1 N–H and O–H groups in total. The molecular weight excluding hydrogens is 286 g/mol. The highest BCUT2D eigenvalue weighted by molar-refractivity contribution is 5.83. The largest absolute Gasteiger partial charge is 0.497 e. The Bertz CT molecular complexity index is 493. The summed E-state index contributed by atoms with van der Waals surface area (Å²) in [5.41, 5.74) is 0.902. The highest BCUT2D eigenvalue weighted by Gasteiger charge is 2.16. The number of nitrogens with one attached hydrogen (secondary N) is 1. The van der Waals surface area contributed by atoms with Crippen LogP contribution in [-0.2, 0) is 20.7 Å². The van der Waals surface area contributed by atoms with E-state index in [2.05, 4.69) is 5.32 Å². The second kappa shape index (κ2) is 8.92. The number of methoxy groups -OCH3 is 2. The van der Waals surface area contributed by atoms with Crippen molar-refractivity contribution < 1.29 is 23.8 Å². The van der Waals surface area contributed by atoms with Crippen molar-refractivity contribution in [2.75, 3.05) is 20.8 Å². The van der Waals surface area contributed by atoms with Crippen molar-refractivity contribution in [2.24, 2.45) is 0 Å². The molecule has 22 heavy (non-hydrogen) atoms. The molecule has 0 aliphatic rings. The molecule has 0 fully saturated rings. The van der Waals surface area contributed by atoms with Crippen LogP contribution in [0.4, 0.5) is 0 Å². The maximum absolute atomic E-state index is 11.8. The van der Waals surface area contributed by atoms with Gasteiger partial charge >= 0.3 is 5.97 Å². The van der Waals surface area contributed by atoms with E-state index in [4.69, 9.17) is 14.2 Å². The number of hydrogen-bond donors (Lipinski definition) is 1. The van der Waals surface area contributed by atoms with Crippen LogP contribution < -0.4 is 14.8 Å². The third kappa shape index (κ3) is 5.63. The number of amides is 1. The van der Waals surface area contributed by atoms with E-state index in [-0.39, 0.29) is 12.3 Å². The molecule has 0 saturated heterocycles. The summed E-state index contributed by atoms with van der Waals surface area (Å²) in [5.74, 6) is 0.622. The molecule has 6 heteroatoms. The van der Waals surface area contributed by atoms with Crippen molar-refractivity contribution in [3.63, 3.8) is 0 Å². The minimum Gasteiger partial charge on any atom is -0.497 e. The molecular formula is C16H23NO5. The fraction of sp³-hybridized carbons (Fsp3) is 0.500. The van der Waals surface area contributed by atoms with Crippen LogP contribution >= 0.6 is 0 Å². The van der Waals surface area contributed by atoms with Gasteiger partial charge in [-0.05, 0) is 38.0 Å². The van der Waals surface area contributed by atoms with Gasteiger partial charge in [0.1, 0.15) is 11.5 Å². The van der Waals surface area contributed by atoms with E-state index in [0.717, 1.165) is 5.56 Å². The molecule has 1 rings (SSSR count). The fourth-order valence-electron chi connectivity index (χ4n) is 1.88. The Kier molecular flexibility index (Phi) is 7.22. The number of esters is 1. The van der Waals surface area contributed by atoms with Crippen LogP contribution in [0, 0.1) is 0 Å². The first-order valence-electron chi connectivity index (χ1n) is 7.19. The van der Waals surface area contributed by atoms with Gasteiger partial charge in [-0.3, -0.25) is 9.59 Å². The molecule has 122 valence electrons. The van der Waals surface area contributed by atoms with E-state index in [0.29, 0.717) is 24.5 Å². The summed E-state index contributed by atoms with van der Waals surface area (Å²) >= 11 is 0. The minimum atomic E-state index is -0.785. The van der Waals surface area contributed by atoms with Gasteiger partial charge in [0.05, 0.1) is 14.2 Å². The summed E-state index contributed by atoms with van der Waals surface area (Å²) in [6, 6.07) is 5.44. The molecule has 0 aliphatic heterocycles. The second-order valence-electron chi connectivity index (χ2n) is 4.75. The highest BCUT2D eigenvalue weighted by Crippen LogP contribution is 2.23. The van der Waals surface area contributed by atoms with Gasteiger partial charge in [-0.1, -0.05) is 0 Å². The van der Waals surface area contributed by atoms with Crippen molar-refractivity contribution in [1.29, 1.82) is 0 Å². The molecule has 0 aliphatic carbocycles. The molecule has 0 radical (unpaired) electrons. The molecule has 0 heterocycles. The average Bonchev–Trinajstić information content (AvgIpc) is 2.52. The monoisotopic (exact) mass is 309 g/mol. The number of rotatable bonds is 8. The maximum Gasteiger partial charge on any atom is 0.306 e. The molecule has 0 spiro atoms. The standard InChI is InChI=1S/C16H23NO5/c1-5-17-16(19)11(2)22-15(18)7-6-12-8-13(20-3)10-14(9-12)21-4/h8-11H,5-7H2,1-4H3,(H,17,19)/t11-/m1/s1. The number of carbonyl (C=O) groups is 2. The lowest BCUT2D eigenvalue weighted by Crippen LogP contribution is -2.35. The van der Waals surface area contributed by atoms with Crippen molar-refractivity contribution in [3.8, 4) is 11.5 Å². The molecule has 0 aromatic heterocycles. The van der Waals surface area contributed by atoms with Crippen LogP contribution in [0.2, 0.25) is 0 Å². The van der Waals surface area contributed by atoms with E-state index < -0.39 is 12.1 Å². The van der Waals surface area contributed by atoms with Crippen LogP contribution in [0.3, 0.4) is 0 Å². The summed E-state index contributed by atoms with van der Waals surface area (Å²) in [4.78, 5) is 23.3. The number of hydrogen-bond acceptors (Lipinski definition) is 5. The van der Waals surface area contributed by atoms with Gasteiger partial charge in [-0.2, -0.15) is 0 Å². The Morgan fingerprint density at radius 3 is 2.23 bits per heavy atom. The van der Waals surface area contributed by atoms with E-state index in [1.807, 2.05) is 19.1 Å². The first-order valence-corrected chi connectivity index (χ1v) is 7.19. The van der Waals surface area contributed by atoms with Crippen LogP contribution in [0.5, 0.6) is 11.5 Å². The van der Waals surface area contributed by atoms with Crippen molar-refractivity contribution in [1.82, 2.24) is 5.32 Å². The number of likely N-dealkylation sites (N-methyl/N-ethyl adjacent to an activating group) is 1. The molecule has 1 aromatic rings. The first kappa shape index (κ1) is 17.8. The van der Waals surface area contributed by atoms with Gasteiger partial charge in [0.25, 0.3) is 5.91 Å². The summed E-state index contributed by atoms with van der Waals surface area (Å²) in [7, 11) is 3.14. The van der Waals surface area contributed by atoms with Gasteiger partial charge in [-0.15, -0.1) is 0 Å². The van der Waals surface area contributed by atoms with E-state index in [1.54, 1.807) is 27.2 Å². The summed E-state index contributed by atoms with van der Waals surface area (Å²) < 4.78 is 15.4. The number of ether oxygens (including phenoxy) is 3. The van der Waals surface area contributed by atoms with Crippen LogP contribution in [0.25, 0.3) is 0 Å². The third-order valence-electron chi connectivity index (χ3n) is 3.06. The second-order valence-corrected chi connectivity index (χ2v) is 4.75. The van der Waals surface area contributed by atoms with Crippen LogP contribution in [-0.4, -0.2) is 38.7 Å². The van der Waals surface area contributed by atoms with Gasteiger partial charge in [0.15, 0.2) is 6.10 Å². The SMILES string of the molecule is CCNC(=O)[C@@H](C)OC(=O)CCc1cc(OC)cc(OC)c1. The van der Waals surface area contributed by atoms with Crippen molar-refractivity contribution in [2.45, 2.75) is 32.8 Å². The molecule has 6 nitrogen and oxygen atoms in total. The Labute approximate surface area is 130 Å². The van der Waals surface area contributed by atoms with Gasteiger partial charge in [-0.25, -0.2) is 0 Å². The molecule has 0 bridgehead atoms. The predicted molar refractivity (Wildman–Crippen MR) is 82.1 cm³/mol. The molecule has 1 atom stereocenters. The smallest absolute Gasteiger partial charge is 0.306 e. The zero-order valence-electron chi connectivity index (χ0n) is 13.5. The van der Waals surface area contributed by atoms with Gasteiger partial charge in [0.2, 0.25) is 0 Å². The predicted octanol–water partition coefficient (Wildman–Crippen LogP) is 1.70. The molecule has 1 amide bonds. The van der Waals surface area contributed by atoms with Gasteiger partial charge < -0.3 is 19.5 Å². The lowest BCUT2D eigenvalue weighted by atomic mass is 10.1. The molecule has 1 aromatic carbocycles. The lowest BCUT2D eigenvalue weighted by Gasteiger charge is -2.13.